The lowest BCUT2D eigenvalue weighted by Gasteiger charge is -2.16. The molecule has 5 nitrogen and oxygen atoms in total. The van der Waals surface area contributed by atoms with Crippen molar-refractivity contribution >= 4 is 40.7 Å². The Morgan fingerprint density at radius 2 is 2.10 bits per heavy atom. The highest BCUT2D eigenvalue weighted by atomic mass is 35.5. The number of amides is 1. The molecule has 1 atom stereocenters. The van der Waals surface area contributed by atoms with Gasteiger partial charge in [0.1, 0.15) is 17.7 Å². The molecule has 20 heavy (non-hydrogen) atoms. The first kappa shape index (κ1) is 15.2. The lowest BCUT2D eigenvalue weighted by Crippen LogP contribution is -2.31. The van der Waals surface area contributed by atoms with E-state index in [-0.39, 0.29) is 11.9 Å². The topological polar surface area (TPSA) is 57.3 Å². The van der Waals surface area contributed by atoms with Gasteiger partial charge in [0.15, 0.2) is 0 Å². The fourth-order valence-electron chi connectivity index (χ4n) is 2.06. The Bertz CT molecular complexity index is 509. The molecule has 1 unspecified atom stereocenters. The summed E-state index contributed by atoms with van der Waals surface area (Å²) in [4.78, 5) is 18.0. The fraction of sp³-hybridized carbons (Fsp3) is 0.538. The Kier molecular flexibility index (Phi) is 4.94. The molecule has 7 heteroatoms. The molecule has 0 spiro atoms. The van der Waals surface area contributed by atoms with Gasteiger partial charge in [-0.2, -0.15) is 0 Å². The van der Waals surface area contributed by atoms with Crippen LogP contribution in [-0.2, 0) is 4.79 Å². The number of rotatable bonds is 5. The molecule has 0 aliphatic carbocycles. The Labute approximate surface area is 128 Å². The number of likely N-dealkylation sites (N-methyl/N-ethyl adjacent to an activating group) is 1. The van der Waals surface area contributed by atoms with Gasteiger partial charge in [-0.1, -0.05) is 30.1 Å². The minimum Gasteiger partial charge on any atom is -0.369 e. The van der Waals surface area contributed by atoms with Crippen LogP contribution in [0.4, 0.5) is 11.6 Å². The van der Waals surface area contributed by atoms with Gasteiger partial charge in [0.05, 0.1) is 10.0 Å². The summed E-state index contributed by atoms with van der Waals surface area (Å²) < 4.78 is 0. The van der Waals surface area contributed by atoms with Crippen molar-refractivity contribution < 1.29 is 4.79 Å². The predicted molar refractivity (Wildman–Crippen MR) is 82.7 cm³/mol. The van der Waals surface area contributed by atoms with Gasteiger partial charge in [0.2, 0.25) is 5.91 Å². The highest BCUT2D eigenvalue weighted by Crippen LogP contribution is 2.30. The first-order valence-corrected chi connectivity index (χ1v) is 7.40. The molecule has 2 rings (SSSR count). The maximum absolute atomic E-state index is 11.9. The molecule has 2 N–H and O–H groups in total. The number of halogens is 2. The number of pyridine rings is 1. The molecule has 1 aliphatic rings. The standard InChI is InChI=1S/C13H18Cl2N4O/c1-3-5-16-11-8(14)7-9(15)12(18-11)17-10-4-6-19(2)13(10)20/h7,10H,3-6H2,1-2H3,(H2,16,17,18). The molecular weight excluding hydrogens is 299 g/mol. The first-order valence-electron chi connectivity index (χ1n) is 6.64. The third kappa shape index (κ3) is 3.27. The van der Waals surface area contributed by atoms with E-state index < -0.39 is 0 Å². The molecule has 0 bridgehead atoms. The number of carbonyl (C=O) groups is 1. The number of likely N-dealkylation sites (tertiary alicyclic amines) is 1. The van der Waals surface area contributed by atoms with Crippen LogP contribution in [-0.4, -0.2) is 42.0 Å². The normalized spacial score (nSPS) is 18.5. The number of nitrogens with zero attached hydrogens (tertiary/aromatic N) is 2. The van der Waals surface area contributed by atoms with Gasteiger partial charge in [-0.3, -0.25) is 4.79 Å². The third-order valence-electron chi connectivity index (χ3n) is 3.21. The summed E-state index contributed by atoms with van der Waals surface area (Å²) in [6, 6.07) is 1.37. The molecule has 1 amide bonds. The summed E-state index contributed by atoms with van der Waals surface area (Å²) in [5, 5.41) is 7.13. The number of anilines is 2. The van der Waals surface area contributed by atoms with Crippen LogP contribution in [0.25, 0.3) is 0 Å². The van der Waals surface area contributed by atoms with Crippen LogP contribution in [0.1, 0.15) is 19.8 Å². The van der Waals surface area contributed by atoms with Gasteiger partial charge >= 0.3 is 0 Å². The minimum atomic E-state index is -0.273. The van der Waals surface area contributed by atoms with E-state index >= 15 is 0 Å². The maximum Gasteiger partial charge on any atom is 0.244 e. The number of hydrogen-bond acceptors (Lipinski definition) is 4. The van der Waals surface area contributed by atoms with E-state index in [1.54, 1.807) is 18.0 Å². The number of aromatic nitrogens is 1. The third-order valence-corrected chi connectivity index (χ3v) is 3.79. The van der Waals surface area contributed by atoms with E-state index in [0.29, 0.717) is 21.7 Å². The van der Waals surface area contributed by atoms with Crippen LogP contribution >= 0.6 is 23.2 Å². The zero-order valence-corrected chi connectivity index (χ0v) is 13.1. The van der Waals surface area contributed by atoms with Crippen molar-refractivity contribution in [1.82, 2.24) is 9.88 Å². The average Bonchev–Trinajstić information content (AvgIpc) is 2.72. The highest BCUT2D eigenvalue weighted by Gasteiger charge is 2.29. The van der Waals surface area contributed by atoms with E-state index in [1.165, 1.54) is 0 Å². The second-order valence-electron chi connectivity index (χ2n) is 4.82. The van der Waals surface area contributed by atoms with E-state index in [1.807, 2.05) is 0 Å². The van der Waals surface area contributed by atoms with Crippen molar-refractivity contribution in [2.45, 2.75) is 25.8 Å². The molecule has 0 radical (unpaired) electrons. The lowest BCUT2D eigenvalue weighted by atomic mass is 10.2. The van der Waals surface area contributed by atoms with Crippen LogP contribution in [0.2, 0.25) is 10.0 Å². The monoisotopic (exact) mass is 316 g/mol. The van der Waals surface area contributed by atoms with E-state index in [0.717, 1.165) is 25.9 Å². The Morgan fingerprint density at radius 1 is 1.40 bits per heavy atom. The maximum atomic E-state index is 11.9. The molecule has 110 valence electrons. The van der Waals surface area contributed by atoms with Gasteiger partial charge in [-0.05, 0) is 18.9 Å². The largest absolute Gasteiger partial charge is 0.369 e. The van der Waals surface area contributed by atoms with Crippen molar-refractivity contribution in [2.75, 3.05) is 30.8 Å². The molecule has 1 aromatic rings. The van der Waals surface area contributed by atoms with Crippen molar-refractivity contribution in [3.63, 3.8) is 0 Å². The van der Waals surface area contributed by atoms with E-state index in [2.05, 4.69) is 22.5 Å². The summed E-state index contributed by atoms with van der Waals surface area (Å²) in [7, 11) is 1.79. The smallest absolute Gasteiger partial charge is 0.244 e. The Hall–Kier alpha value is -1.20. The van der Waals surface area contributed by atoms with Crippen LogP contribution in [0.5, 0.6) is 0 Å². The molecule has 0 saturated carbocycles. The molecule has 0 aromatic carbocycles. The van der Waals surface area contributed by atoms with Crippen LogP contribution in [0.15, 0.2) is 6.07 Å². The quantitative estimate of drug-likeness (QED) is 0.877. The number of nitrogens with one attached hydrogen (secondary N) is 2. The second-order valence-corrected chi connectivity index (χ2v) is 5.64. The fourth-order valence-corrected chi connectivity index (χ4v) is 2.54. The molecule has 1 fully saturated rings. The Morgan fingerprint density at radius 3 is 2.70 bits per heavy atom. The average molecular weight is 317 g/mol. The first-order chi connectivity index (χ1) is 9.52. The number of hydrogen-bond donors (Lipinski definition) is 2. The molecule has 1 saturated heterocycles. The van der Waals surface area contributed by atoms with Crippen LogP contribution in [0.3, 0.4) is 0 Å². The SMILES string of the molecule is CCCNc1nc(NC2CCN(C)C2=O)c(Cl)cc1Cl. The van der Waals surface area contributed by atoms with Gasteiger partial charge in [0, 0.05) is 20.1 Å². The molecule has 1 aromatic heterocycles. The van der Waals surface area contributed by atoms with Crippen molar-refractivity contribution in [2.24, 2.45) is 0 Å². The van der Waals surface area contributed by atoms with E-state index in [4.69, 9.17) is 23.2 Å². The van der Waals surface area contributed by atoms with Gasteiger partial charge in [0.25, 0.3) is 0 Å². The van der Waals surface area contributed by atoms with Crippen molar-refractivity contribution in [3.8, 4) is 0 Å². The van der Waals surface area contributed by atoms with Crippen LogP contribution < -0.4 is 10.6 Å². The van der Waals surface area contributed by atoms with Crippen molar-refractivity contribution in [3.05, 3.63) is 16.1 Å². The Balaban J connectivity index is 2.16. The zero-order chi connectivity index (χ0) is 14.7. The summed E-state index contributed by atoms with van der Waals surface area (Å²) in [6.07, 6.45) is 1.71. The van der Waals surface area contributed by atoms with Crippen molar-refractivity contribution in [1.29, 1.82) is 0 Å². The summed E-state index contributed by atoms with van der Waals surface area (Å²) >= 11 is 12.2. The highest BCUT2D eigenvalue weighted by molar-refractivity contribution is 6.37. The minimum absolute atomic E-state index is 0.0564. The van der Waals surface area contributed by atoms with Gasteiger partial charge in [-0.25, -0.2) is 4.98 Å². The van der Waals surface area contributed by atoms with Crippen LogP contribution in [0, 0.1) is 0 Å². The molecule has 2 heterocycles. The summed E-state index contributed by atoms with van der Waals surface area (Å²) in [5.74, 6) is 1.13. The van der Waals surface area contributed by atoms with Gasteiger partial charge < -0.3 is 15.5 Å². The summed E-state index contributed by atoms with van der Waals surface area (Å²) in [6.45, 7) is 3.57. The van der Waals surface area contributed by atoms with E-state index in [9.17, 15) is 4.79 Å². The second kappa shape index (κ2) is 6.50. The molecular formula is C13H18Cl2N4O. The van der Waals surface area contributed by atoms with Gasteiger partial charge in [-0.15, -0.1) is 0 Å². The molecule has 1 aliphatic heterocycles. The predicted octanol–water partition coefficient (Wildman–Crippen LogP) is 2.85. The summed E-state index contributed by atoms with van der Waals surface area (Å²) in [5.41, 5.74) is 0. The number of carbonyl (C=O) groups excluding carboxylic acids is 1. The zero-order valence-electron chi connectivity index (χ0n) is 11.5. The lowest BCUT2D eigenvalue weighted by molar-refractivity contribution is -0.127.